The first-order valence-electron chi connectivity index (χ1n) is 30.5. The summed E-state index contributed by atoms with van der Waals surface area (Å²) in [6.45, 7) is 4.74. The first-order chi connectivity index (χ1) is 37.0. The Bertz CT molecular complexity index is 1700. The number of nitrogens with zero attached hydrogens (tertiary/aromatic N) is 1. The van der Waals surface area contributed by atoms with Crippen molar-refractivity contribution in [1.82, 2.24) is 5.32 Å². The smallest absolute Gasteiger partial charge is 0.391 e. The Hall–Kier alpha value is -3.36. The van der Waals surface area contributed by atoms with Gasteiger partial charge in [-0.25, -0.2) is 4.57 Å². The summed E-state index contributed by atoms with van der Waals surface area (Å²) in [4.78, 5) is 23.3. The van der Waals surface area contributed by atoms with E-state index in [1.807, 2.05) is 21.1 Å². The van der Waals surface area contributed by atoms with Gasteiger partial charge >= 0.3 is 7.82 Å². The topological polar surface area (TPSA) is 105 Å². The second kappa shape index (κ2) is 56.4. The molecule has 0 spiro atoms. The highest BCUT2D eigenvalue weighted by atomic mass is 31.2. The zero-order valence-corrected chi connectivity index (χ0v) is 50.3. The lowest BCUT2D eigenvalue weighted by molar-refractivity contribution is -0.870. The van der Waals surface area contributed by atoms with E-state index >= 15 is 0 Å². The number of hydrogen-bond acceptors (Lipinski definition) is 5. The highest BCUT2D eigenvalue weighted by Gasteiger charge is 2.28. The second-order valence-electron chi connectivity index (χ2n) is 21.3. The van der Waals surface area contributed by atoms with E-state index in [1.54, 1.807) is 0 Å². The molecule has 434 valence electrons. The Morgan fingerprint density at radius 1 is 0.461 bits per heavy atom. The number of phosphoric acid groups is 1. The molecule has 0 saturated heterocycles. The Morgan fingerprint density at radius 2 is 0.789 bits per heavy atom. The van der Waals surface area contributed by atoms with Crippen molar-refractivity contribution < 1.29 is 32.9 Å². The summed E-state index contributed by atoms with van der Waals surface area (Å²) in [5.74, 6) is -0.180. The summed E-state index contributed by atoms with van der Waals surface area (Å²) in [5.41, 5.74) is 0. The van der Waals surface area contributed by atoms with E-state index in [4.69, 9.17) is 9.05 Å². The Balaban J connectivity index is 4.24. The van der Waals surface area contributed by atoms with Crippen LogP contribution in [0, 0.1) is 0 Å². The maximum absolute atomic E-state index is 13.0. The van der Waals surface area contributed by atoms with Gasteiger partial charge < -0.3 is 19.8 Å². The fourth-order valence-corrected chi connectivity index (χ4v) is 8.90. The lowest BCUT2D eigenvalue weighted by atomic mass is 10.0. The van der Waals surface area contributed by atoms with Gasteiger partial charge in [-0.2, -0.15) is 0 Å². The van der Waals surface area contributed by atoms with E-state index in [1.165, 1.54) is 89.9 Å². The summed E-state index contributed by atoms with van der Waals surface area (Å²) in [5, 5.41) is 14.0. The molecule has 0 saturated carbocycles. The first-order valence-corrected chi connectivity index (χ1v) is 32.0. The molecule has 1 amide bonds. The van der Waals surface area contributed by atoms with Crippen LogP contribution >= 0.6 is 7.82 Å². The number of aliphatic hydroxyl groups excluding tert-OH is 1. The van der Waals surface area contributed by atoms with Gasteiger partial charge in [0.1, 0.15) is 13.2 Å². The van der Waals surface area contributed by atoms with Crippen LogP contribution in [0.3, 0.4) is 0 Å². The van der Waals surface area contributed by atoms with Crippen LogP contribution in [0.2, 0.25) is 0 Å². The summed E-state index contributed by atoms with van der Waals surface area (Å²) in [6, 6.07) is -0.789. The van der Waals surface area contributed by atoms with Crippen molar-refractivity contribution in [1.29, 1.82) is 0 Å². The minimum Gasteiger partial charge on any atom is -0.391 e. The van der Waals surface area contributed by atoms with Crippen LogP contribution in [-0.2, 0) is 18.4 Å². The number of allylic oxidation sites excluding steroid dienone is 22. The molecule has 0 radical (unpaired) electrons. The van der Waals surface area contributed by atoms with Gasteiger partial charge in [0, 0.05) is 6.42 Å². The van der Waals surface area contributed by atoms with Crippen molar-refractivity contribution in [2.75, 3.05) is 40.9 Å². The van der Waals surface area contributed by atoms with Crippen molar-refractivity contribution in [3.05, 3.63) is 134 Å². The number of rotatable bonds is 54. The molecular weight excluding hydrogens is 960 g/mol. The standard InChI is InChI=1S/C67H115N2O6P/c1-6-8-10-12-14-16-18-20-22-24-25-26-27-28-29-30-31-32-33-34-35-36-37-38-39-40-41-42-43-45-47-49-51-53-55-57-59-61-67(71)68-65(64-75-76(72,73)74-63-62-69(3,4)5)66(70)60-58-56-54-52-50-48-46-44-23-21-19-17-15-13-11-9-7-2/h8,10,14,16,20,22,25-26,28-29,31-32,34-35,37-38,40-41,43,45,49,51,65-66,70H,6-7,9,11-13,15,17-19,21,23-24,27,30,33,36,39,42,44,46-48,50,52-64H2,1-5H3,(H-,68,71,72,73)/p+1/b10-8-,16-14-,22-20-,26-25-,29-28-,32-31-,35-34-,38-37-,41-40-,45-43-,51-49-. The molecule has 0 aromatic heterocycles. The molecule has 0 aliphatic rings. The molecule has 0 rings (SSSR count). The number of amides is 1. The zero-order chi connectivity index (χ0) is 55.6. The second-order valence-corrected chi connectivity index (χ2v) is 22.8. The van der Waals surface area contributed by atoms with Crippen LogP contribution in [0.5, 0.6) is 0 Å². The Labute approximate surface area is 468 Å². The van der Waals surface area contributed by atoms with Gasteiger partial charge in [0.25, 0.3) is 0 Å². The molecule has 76 heavy (non-hydrogen) atoms. The van der Waals surface area contributed by atoms with Crippen LogP contribution < -0.4 is 5.32 Å². The van der Waals surface area contributed by atoms with Crippen LogP contribution in [0.15, 0.2) is 134 Å². The lowest BCUT2D eigenvalue weighted by Crippen LogP contribution is -2.46. The van der Waals surface area contributed by atoms with Crippen molar-refractivity contribution in [3.63, 3.8) is 0 Å². The van der Waals surface area contributed by atoms with Gasteiger partial charge in [0.15, 0.2) is 0 Å². The number of likely N-dealkylation sites (N-methyl/N-ethyl adjacent to an activating group) is 1. The summed E-state index contributed by atoms with van der Waals surface area (Å²) >= 11 is 0. The molecule has 0 aromatic rings. The quantitative estimate of drug-likeness (QED) is 0.0243. The summed E-state index contributed by atoms with van der Waals surface area (Å²) in [6.07, 6.45) is 85.1. The molecular formula is C67H116N2O6P+. The third kappa shape index (κ3) is 58.3. The number of phosphoric ester groups is 1. The van der Waals surface area contributed by atoms with E-state index in [0.29, 0.717) is 23.9 Å². The van der Waals surface area contributed by atoms with Crippen LogP contribution in [0.1, 0.15) is 232 Å². The number of carbonyl (C=O) groups is 1. The molecule has 3 N–H and O–H groups in total. The van der Waals surface area contributed by atoms with Crippen LogP contribution in [0.25, 0.3) is 0 Å². The van der Waals surface area contributed by atoms with E-state index < -0.39 is 20.0 Å². The Morgan fingerprint density at radius 3 is 1.14 bits per heavy atom. The maximum atomic E-state index is 13.0. The van der Waals surface area contributed by atoms with Crippen molar-refractivity contribution >= 4 is 13.7 Å². The molecule has 0 aliphatic heterocycles. The Kier molecular flexibility index (Phi) is 53.9. The van der Waals surface area contributed by atoms with Crippen molar-refractivity contribution in [2.45, 2.75) is 244 Å². The third-order valence-electron chi connectivity index (χ3n) is 12.9. The van der Waals surface area contributed by atoms with Gasteiger partial charge in [-0.15, -0.1) is 0 Å². The van der Waals surface area contributed by atoms with Gasteiger partial charge in [-0.05, 0) is 96.3 Å². The predicted molar refractivity (Wildman–Crippen MR) is 331 cm³/mol. The molecule has 0 bridgehead atoms. The molecule has 3 atom stereocenters. The first kappa shape index (κ1) is 72.6. The number of hydrogen-bond donors (Lipinski definition) is 3. The fraction of sp³-hybridized carbons (Fsp3) is 0.657. The maximum Gasteiger partial charge on any atom is 0.472 e. The van der Waals surface area contributed by atoms with Crippen molar-refractivity contribution in [3.8, 4) is 0 Å². The highest BCUT2D eigenvalue weighted by Crippen LogP contribution is 2.43. The largest absolute Gasteiger partial charge is 0.472 e. The van der Waals surface area contributed by atoms with Gasteiger partial charge in [0.05, 0.1) is 39.9 Å². The van der Waals surface area contributed by atoms with E-state index in [9.17, 15) is 19.4 Å². The van der Waals surface area contributed by atoms with Crippen LogP contribution in [-0.4, -0.2) is 73.4 Å². The molecule has 9 heteroatoms. The summed E-state index contributed by atoms with van der Waals surface area (Å²) in [7, 11) is 1.58. The lowest BCUT2D eigenvalue weighted by Gasteiger charge is -2.26. The zero-order valence-electron chi connectivity index (χ0n) is 49.4. The average molecular weight is 1080 g/mol. The number of quaternary nitrogens is 1. The van der Waals surface area contributed by atoms with Gasteiger partial charge in [-0.3, -0.25) is 13.8 Å². The van der Waals surface area contributed by atoms with Crippen LogP contribution in [0.4, 0.5) is 0 Å². The van der Waals surface area contributed by atoms with Crippen molar-refractivity contribution in [2.24, 2.45) is 0 Å². The van der Waals surface area contributed by atoms with E-state index in [-0.39, 0.29) is 19.1 Å². The minimum atomic E-state index is -4.34. The molecule has 0 aromatic carbocycles. The highest BCUT2D eigenvalue weighted by molar-refractivity contribution is 7.47. The average Bonchev–Trinajstić information content (AvgIpc) is 3.38. The molecule has 0 fully saturated rings. The monoisotopic (exact) mass is 1080 g/mol. The van der Waals surface area contributed by atoms with E-state index in [0.717, 1.165) is 116 Å². The molecule has 8 nitrogen and oxygen atoms in total. The number of unbranched alkanes of at least 4 members (excludes halogenated alkanes) is 19. The number of nitrogens with one attached hydrogen (secondary N) is 1. The van der Waals surface area contributed by atoms with Gasteiger partial charge in [0.2, 0.25) is 5.91 Å². The SMILES string of the molecule is CC/C=C\C/C=C\C/C=C\C/C=C\C/C=C\C/C=C\C/C=C\C/C=C\C/C=C\C/C=C\C/C=C\CCCCCC(=O)NC(COP(=O)(O)OCC[N+](C)(C)C)C(O)CCCCCCCCCCCCCCCCCCC. The fourth-order valence-electron chi connectivity index (χ4n) is 8.17. The minimum absolute atomic E-state index is 0.0609. The molecule has 3 unspecified atom stereocenters. The van der Waals surface area contributed by atoms with Gasteiger partial charge in [-0.1, -0.05) is 263 Å². The number of aliphatic hydroxyl groups is 1. The molecule has 0 aliphatic carbocycles. The molecule has 0 heterocycles. The third-order valence-corrected chi connectivity index (χ3v) is 13.9. The predicted octanol–water partition coefficient (Wildman–Crippen LogP) is 19.1. The normalized spacial score (nSPS) is 14.8. The number of carbonyl (C=O) groups excluding carboxylic acids is 1. The summed E-state index contributed by atoms with van der Waals surface area (Å²) < 4.78 is 23.8. The van der Waals surface area contributed by atoms with E-state index in [2.05, 4.69) is 153 Å².